The fraction of sp³-hybridized carbons (Fsp3) is 0.333. The van der Waals surface area contributed by atoms with Crippen molar-refractivity contribution in [2.75, 3.05) is 18.0 Å². The first kappa shape index (κ1) is 17.4. The van der Waals surface area contributed by atoms with Crippen molar-refractivity contribution in [1.29, 1.82) is 0 Å². The highest BCUT2D eigenvalue weighted by Crippen LogP contribution is 2.25. The van der Waals surface area contributed by atoms with Crippen LogP contribution in [-0.4, -0.2) is 29.9 Å². The summed E-state index contributed by atoms with van der Waals surface area (Å²) in [5.41, 5.74) is 2.26. The molecule has 0 unspecified atom stereocenters. The van der Waals surface area contributed by atoms with Crippen molar-refractivity contribution >= 4 is 23.9 Å². The monoisotopic (exact) mass is 365 g/mol. The van der Waals surface area contributed by atoms with Crippen molar-refractivity contribution in [3.05, 3.63) is 59.0 Å². The van der Waals surface area contributed by atoms with Gasteiger partial charge in [-0.15, -0.1) is 0 Å². The average Bonchev–Trinajstić information content (AvgIpc) is 3.23. The molecule has 2 saturated heterocycles. The molecule has 0 spiro atoms. The van der Waals surface area contributed by atoms with Gasteiger partial charge < -0.3 is 14.6 Å². The van der Waals surface area contributed by atoms with E-state index in [9.17, 15) is 9.59 Å². The number of nitrogens with zero attached hydrogens (tertiary/aromatic N) is 2. The van der Waals surface area contributed by atoms with Crippen LogP contribution < -0.4 is 10.2 Å². The van der Waals surface area contributed by atoms with Gasteiger partial charge in [0, 0.05) is 25.2 Å². The molecule has 3 amide bonds. The number of hydrogen-bond acceptors (Lipinski definition) is 4. The predicted octanol–water partition coefficient (Wildman–Crippen LogP) is 3.67. The van der Waals surface area contributed by atoms with Gasteiger partial charge in [0.25, 0.3) is 5.91 Å². The van der Waals surface area contributed by atoms with Crippen LogP contribution in [0.5, 0.6) is 0 Å². The number of piperidine rings is 1. The molecule has 0 aliphatic carbocycles. The summed E-state index contributed by atoms with van der Waals surface area (Å²) in [7, 11) is 0. The standard InChI is InChI=1S/C21H23N3O3/c1-15-6-5-7-16(12-15)14-24-20(25)18(22-21(24)26)13-17-8-9-19(27-17)23-10-3-2-4-11-23/h5-9,12-13H,2-4,10-11,14H2,1H3,(H,22,26)/b18-13+. The Balaban J connectivity index is 1.48. The van der Waals surface area contributed by atoms with E-state index in [-0.39, 0.29) is 18.1 Å². The van der Waals surface area contributed by atoms with Gasteiger partial charge in [0.2, 0.25) is 0 Å². The maximum Gasteiger partial charge on any atom is 0.329 e. The lowest BCUT2D eigenvalue weighted by atomic mass is 10.1. The Morgan fingerprint density at radius 2 is 1.93 bits per heavy atom. The van der Waals surface area contributed by atoms with Crippen LogP contribution in [0.1, 0.15) is 36.1 Å². The fourth-order valence-corrected chi connectivity index (χ4v) is 3.55. The molecule has 2 aromatic rings. The number of rotatable bonds is 4. The largest absolute Gasteiger partial charge is 0.441 e. The number of aryl methyl sites for hydroxylation is 1. The second kappa shape index (κ2) is 7.31. The Kier molecular flexibility index (Phi) is 4.71. The molecule has 6 heteroatoms. The molecule has 4 rings (SSSR count). The average molecular weight is 365 g/mol. The molecular weight excluding hydrogens is 342 g/mol. The quantitative estimate of drug-likeness (QED) is 0.663. The van der Waals surface area contributed by atoms with Gasteiger partial charge in [-0.2, -0.15) is 0 Å². The minimum atomic E-state index is -0.407. The Morgan fingerprint density at radius 3 is 2.70 bits per heavy atom. The SMILES string of the molecule is Cc1cccc(CN2C(=O)N/C(=C/c3ccc(N4CCCCC4)o3)C2=O)c1. The summed E-state index contributed by atoms with van der Waals surface area (Å²) in [4.78, 5) is 28.3. The third-order valence-corrected chi connectivity index (χ3v) is 4.95. The summed E-state index contributed by atoms with van der Waals surface area (Å²) in [5.74, 6) is 1.05. The predicted molar refractivity (Wildman–Crippen MR) is 103 cm³/mol. The van der Waals surface area contributed by atoms with E-state index in [0.29, 0.717) is 5.76 Å². The lowest BCUT2D eigenvalue weighted by Crippen LogP contribution is -2.30. The topological polar surface area (TPSA) is 65.8 Å². The van der Waals surface area contributed by atoms with Gasteiger partial charge in [0.05, 0.1) is 6.54 Å². The normalized spacial score (nSPS) is 19.1. The summed E-state index contributed by atoms with van der Waals surface area (Å²) in [5, 5.41) is 2.65. The molecule has 3 heterocycles. The van der Waals surface area contributed by atoms with Crippen LogP contribution in [0.4, 0.5) is 10.7 Å². The van der Waals surface area contributed by atoms with Gasteiger partial charge in [-0.05, 0) is 37.8 Å². The van der Waals surface area contributed by atoms with Crippen molar-refractivity contribution in [2.45, 2.75) is 32.7 Å². The fourth-order valence-electron chi connectivity index (χ4n) is 3.55. The molecule has 27 heavy (non-hydrogen) atoms. The zero-order valence-corrected chi connectivity index (χ0v) is 15.4. The maximum atomic E-state index is 12.6. The van der Waals surface area contributed by atoms with Crippen LogP contribution in [0.3, 0.4) is 0 Å². The number of furan rings is 1. The van der Waals surface area contributed by atoms with Crippen molar-refractivity contribution in [1.82, 2.24) is 10.2 Å². The highest BCUT2D eigenvalue weighted by molar-refractivity contribution is 6.13. The Labute approximate surface area is 158 Å². The molecule has 2 aliphatic heterocycles. The molecule has 1 N–H and O–H groups in total. The van der Waals surface area contributed by atoms with Crippen LogP contribution in [0.15, 0.2) is 46.5 Å². The van der Waals surface area contributed by atoms with Crippen LogP contribution >= 0.6 is 0 Å². The number of hydrogen-bond donors (Lipinski definition) is 1. The third kappa shape index (κ3) is 3.74. The van der Waals surface area contributed by atoms with E-state index in [2.05, 4.69) is 10.2 Å². The molecule has 0 saturated carbocycles. The smallest absolute Gasteiger partial charge is 0.329 e. The van der Waals surface area contributed by atoms with Crippen molar-refractivity contribution in [2.24, 2.45) is 0 Å². The van der Waals surface area contributed by atoms with E-state index in [1.807, 2.05) is 43.3 Å². The van der Waals surface area contributed by atoms with E-state index in [1.54, 1.807) is 6.08 Å². The molecule has 2 fully saturated rings. The minimum Gasteiger partial charge on any atom is -0.441 e. The zero-order chi connectivity index (χ0) is 18.8. The van der Waals surface area contributed by atoms with Crippen LogP contribution in [-0.2, 0) is 11.3 Å². The van der Waals surface area contributed by atoms with Gasteiger partial charge in [-0.25, -0.2) is 4.79 Å². The van der Waals surface area contributed by atoms with Gasteiger partial charge in [0.15, 0.2) is 5.88 Å². The highest BCUT2D eigenvalue weighted by Gasteiger charge is 2.33. The van der Waals surface area contributed by atoms with Crippen LogP contribution in [0.2, 0.25) is 0 Å². The number of carbonyl (C=O) groups excluding carboxylic acids is 2. The van der Waals surface area contributed by atoms with Gasteiger partial charge in [-0.3, -0.25) is 9.69 Å². The first-order valence-electron chi connectivity index (χ1n) is 9.35. The van der Waals surface area contributed by atoms with E-state index >= 15 is 0 Å². The number of benzene rings is 1. The minimum absolute atomic E-state index is 0.243. The molecule has 0 atom stereocenters. The van der Waals surface area contributed by atoms with Crippen LogP contribution in [0.25, 0.3) is 6.08 Å². The lowest BCUT2D eigenvalue weighted by Gasteiger charge is -2.25. The summed E-state index contributed by atoms with van der Waals surface area (Å²) < 4.78 is 5.87. The summed E-state index contributed by atoms with van der Waals surface area (Å²) >= 11 is 0. The molecular formula is C21H23N3O3. The van der Waals surface area contributed by atoms with E-state index in [4.69, 9.17) is 4.42 Å². The third-order valence-electron chi connectivity index (χ3n) is 4.95. The summed E-state index contributed by atoms with van der Waals surface area (Å²) in [6, 6.07) is 11.1. The number of carbonyl (C=O) groups is 2. The second-order valence-electron chi connectivity index (χ2n) is 7.09. The molecule has 0 radical (unpaired) electrons. The number of nitrogens with one attached hydrogen (secondary N) is 1. The zero-order valence-electron chi connectivity index (χ0n) is 15.4. The van der Waals surface area contributed by atoms with E-state index in [1.165, 1.54) is 24.2 Å². The van der Waals surface area contributed by atoms with Crippen LogP contribution in [0, 0.1) is 6.92 Å². The Morgan fingerprint density at radius 1 is 1.11 bits per heavy atom. The molecule has 1 aromatic heterocycles. The second-order valence-corrected chi connectivity index (χ2v) is 7.09. The molecule has 140 valence electrons. The van der Waals surface area contributed by atoms with Crippen molar-refractivity contribution in [3.63, 3.8) is 0 Å². The van der Waals surface area contributed by atoms with Crippen molar-refractivity contribution < 1.29 is 14.0 Å². The van der Waals surface area contributed by atoms with E-state index in [0.717, 1.165) is 30.1 Å². The van der Waals surface area contributed by atoms with Gasteiger partial charge in [0.1, 0.15) is 11.5 Å². The number of urea groups is 1. The summed E-state index contributed by atoms with van der Waals surface area (Å²) in [6.07, 6.45) is 5.19. The number of imide groups is 1. The number of amides is 3. The van der Waals surface area contributed by atoms with E-state index < -0.39 is 6.03 Å². The van der Waals surface area contributed by atoms with Gasteiger partial charge in [-0.1, -0.05) is 29.8 Å². The first-order valence-corrected chi connectivity index (χ1v) is 9.35. The molecule has 0 bridgehead atoms. The Bertz CT molecular complexity index is 894. The van der Waals surface area contributed by atoms with Crippen molar-refractivity contribution in [3.8, 4) is 0 Å². The summed E-state index contributed by atoms with van der Waals surface area (Å²) in [6.45, 7) is 4.21. The molecule has 1 aromatic carbocycles. The maximum absolute atomic E-state index is 12.6. The molecule has 6 nitrogen and oxygen atoms in total. The van der Waals surface area contributed by atoms with Gasteiger partial charge >= 0.3 is 6.03 Å². The lowest BCUT2D eigenvalue weighted by molar-refractivity contribution is -0.123. The molecule has 2 aliphatic rings. The number of anilines is 1. The highest BCUT2D eigenvalue weighted by atomic mass is 16.4. The first-order chi connectivity index (χ1) is 13.1. The Hall–Kier alpha value is -3.02.